The zero-order chi connectivity index (χ0) is 24.9. The fraction of sp³-hybridized carbons (Fsp3) is 0.417. The van der Waals surface area contributed by atoms with Gasteiger partial charge in [-0.3, -0.25) is 19.7 Å². The molecular weight excluding hydrogens is 456 g/mol. The van der Waals surface area contributed by atoms with Crippen molar-refractivity contribution in [1.29, 1.82) is 0 Å². The van der Waals surface area contributed by atoms with E-state index in [0.717, 1.165) is 0 Å². The summed E-state index contributed by atoms with van der Waals surface area (Å²) in [6.45, 7) is 3.56. The smallest absolute Gasteiger partial charge is 0.321 e. The first kappa shape index (κ1) is 24.1. The number of ether oxygens (including phenoxy) is 3. The fourth-order valence-electron chi connectivity index (χ4n) is 4.19. The Morgan fingerprint density at radius 2 is 1.91 bits per heavy atom. The Bertz CT molecular complexity index is 1110. The van der Waals surface area contributed by atoms with E-state index < -0.39 is 23.8 Å². The second-order valence-corrected chi connectivity index (χ2v) is 7.98. The Morgan fingerprint density at radius 3 is 2.54 bits per heavy atom. The molecule has 0 bridgehead atoms. The number of methoxy groups -OCH3 is 2. The molecule has 2 aliphatic heterocycles. The summed E-state index contributed by atoms with van der Waals surface area (Å²) in [5, 5.41) is 2.76. The molecule has 186 valence electrons. The number of carbonyl (C=O) groups excluding carboxylic acids is 3. The highest BCUT2D eigenvalue weighted by molar-refractivity contribution is 6.08. The number of nitrogens with zero attached hydrogens (tertiary/aromatic N) is 3. The number of benzene rings is 1. The van der Waals surface area contributed by atoms with Gasteiger partial charge < -0.3 is 28.4 Å². The van der Waals surface area contributed by atoms with Crippen molar-refractivity contribution in [3.05, 3.63) is 47.9 Å². The molecule has 11 nitrogen and oxygen atoms in total. The molecule has 0 saturated carbocycles. The molecule has 2 aliphatic rings. The summed E-state index contributed by atoms with van der Waals surface area (Å²) in [6, 6.07) is 7.57. The standard InChI is InChI=1S/C24H28N4O7/c1-4-34-23(31)19-20(16-8-7-15(32-2)14-18(16)33-3)25-24(26-21(19)29)28-11-9-27(10-12-28)22(30)17-6-5-13-35-17/h5-8,13-14,19-20H,4,9-12H2,1-3H3,(H,25,26,29)/t19-,20+/m0/s1. The number of nitrogens with one attached hydrogen (secondary N) is 1. The summed E-state index contributed by atoms with van der Waals surface area (Å²) >= 11 is 0. The van der Waals surface area contributed by atoms with E-state index in [9.17, 15) is 14.4 Å². The molecule has 1 aromatic heterocycles. The zero-order valence-electron chi connectivity index (χ0n) is 19.9. The molecule has 2 aromatic rings. The second kappa shape index (κ2) is 10.5. The third-order valence-electron chi connectivity index (χ3n) is 5.99. The van der Waals surface area contributed by atoms with E-state index in [0.29, 0.717) is 49.2 Å². The molecule has 2 atom stereocenters. The summed E-state index contributed by atoms with van der Waals surface area (Å²) in [5.41, 5.74) is 0.560. The van der Waals surface area contributed by atoms with E-state index in [1.165, 1.54) is 20.5 Å². The topological polar surface area (TPSA) is 123 Å². The quantitative estimate of drug-likeness (QED) is 0.483. The van der Waals surface area contributed by atoms with Crippen molar-refractivity contribution in [2.75, 3.05) is 47.0 Å². The monoisotopic (exact) mass is 484 g/mol. The molecule has 0 radical (unpaired) electrons. The summed E-state index contributed by atoms with van der Waals surface area (Å²) in [7, 11) is 3.04. The summed E-state index contributed by atoms with van der Waals surface area (Å²) in [4.78, 5) is 46.8. The first-order valence-corrected chi connectivity index (χ1v) is 11.3. The Hall–Kier alpha value is -4.02. The highest BCUT2D eigenvalue weighted by Crippen LogP contribution is 2.38. The van der Waals surface area contributed by atoms with Gasteiger partial charge >= 0.3 is 5.97 Å². The number of aliphatic imine (C=N–C) groups is 1. The van der Waals surface area contributed by atoms with Gasteiger partial charge in [0, 0.05) is 37.8 Å². The molecule has 0 aliphatic carbocycles. The number of esters is 1. The second-order valence-electron chi connectivity index (χ2n) is 7.98. The summed E-state index contributed by atoms with van der Waals surface area (Å²) in [6.07, 6.45) is 1.46. The number of hydrogen-bond donors (Lipinski definition) is 1. The molecule has 2 amide bonds. The van der Waals surface area contributed by atoms with Crippen LogP contribution in [0.15, 0.2) is 46.0 Å². The Balaban J connectivity index is 1.60. The summed E-state index contributed by atoms with van der Waals surface area (Å²) in [5.74, 6) is -0.908. The third-order valence-corrected chi connectivity index (χ3v) is 5.99. The minimum atomic E-state index is -1.18. The molecule has 0 unspecified atom stereocenters. The maximum Gasteiger partial charge on any atom is 0.321 e. The first-order valence-electron chi connectivity index (χ1n) is 11.3. The van der Waals surface area contributed by atoms with Gasteiger partial charge in [-0.2, -0.15) is 0 Å². The number of rotatable bonds is 6. The molecule has 1 aromatic carbocycles. The number of furan rings is 1. The van der Waals surface area contributed by atoms with Crippen LogP contribution in [0.1, 0.15) is 29.1 Å². The Labute approximate surface area is 202 Å². The molecule has 1 N–H and O–H groups in total. The van der Waals surface area contributed by atoms with Gasteiger partial charge in [0.25, 0.3) is 5.91 Å². The van der Waals surface area contributed by atoms with Crippen LogP contribution in [0.2, 0.25) is 0 Å². The lowest BCUT2D eigenvalue weighted by molar-refractivity contribution is -0.153. The van der Waals surface area contributed by atoms with Crippen molar-refractivity contribution >= 4 is 23.7 Å². The number of carbonyl (C=O) groups is 3. The van der Waals surface area contributed by atoms with Gasteiger partial charge in [0.1, 0.15) is 17.5 Å². The van der Waals surface area contributed by atoms with Gasteiger partial charge in [-0.1, -0.05) is 0 Å². The van der Waals surface area contributed by atoms with E-state index in [4.69, 9.17) is 23.6 Å². The number of guanidine groups is 1. The van der Waals surface area contributed by atoms with Crippen LogP contribution in [-0.2, 0) is 14.3 Å². The largest absolute Gasteiger partial charge is 0.497 e. The Kier molecular flexibility index (Phi) is 7.23. The van der Waals surface area contributed by atoms with Crippen LogP contribution in [0.4, 0.5) is 0 Å². The van der Waals surface area contributed by atoms with Gasteiger partial charge in [0.15, 0.2) is 11.7 Å². The minimum Gasteiger partial charge on any atom is -0.497 e. The van der Waals surface area contributed by atoms with Crippen LogP contribution in [-0.4, -0.2) is 80.5 Å². The van der Waals surface area contributed by atoms with E-state index >= 15 is 0 Å². The minimum absolute atomic E-state index is 0.136. The molecule has 1 fully saturated rings. The van der Waals surface area contributed by atoms with Crippen molar-refractivity contribution in [1.82, 2.24) is 15.1 Å². The molecular formula is C24H28N4O7. The van der Waals surface area contributed by atoms with E-state index in [1.54, 1.807) is 42.2 Å². The SMILES string of the molecule is CCOC(=O)[C@@H]1C(=O)NC(N2CCN(C(=O)c3ccco3)CC2)=N[C@@H]1c1ccc(OC)cc1OC. The zero-order valence-corrected chi connectivity index (χ0v) is 19.9. The molecule has 3 heterocycles. The normalized spacial score (nSPS) is 20.1. The number of hydrogen-bond acceptors (Lipinski definition) is 9. The van der Waals surface area contributed by atoms with Crippen molar-refractivity contribution in [2.45, 2.75) is 13.0 Å². The molecule has 4 rings (SSSR count). The van der Waals surface area contributed by atoms with E-state index in [1.807, 2.05) is 4.90 Å². The number of amides is 2. The molecule has 0 spiro atoms. The predicted molar refractivity (Wildman–Crippen MR) is 124 cm³/mol. The number of piperazine rings is 1. The first-order chi connectivity index (χ1) is 17.0. The maximum absolute atomic E-state index is 13.1. The lowest BCUT2D eigenvalue weighted by Crippen LogP contribution is -2.58. The highest BCUT2D eigenvalue weighted by Gasteiger charge is 2.43. The third kappa shape index (κ3) is 4.93. The van der Waals surface area contributed by atoms with E-state index in [2.05, 4.69) is 5.32 Å². The molecule has 35 heavy (non-hydrogen) atoms. The van der Waals surface area contributed by atoms with Crippen LogP contribution >= 0.6 is 0 Å². The van der Waals surface area contributed by atoms with Crippen LogP contribution in [0.25, 0.3) is 0 Å². The fourth-order valence-corrected chi connectivity index (χ4v) is 4.19. The average molecular weight is 485 g/mol. The van der Waals surface area contributed by atoms with Gasteiger partial charge in [0.05, 0.1) is 27.1 Å². The van der Waals surface area contributed by atoms with Gasteiger partial charge in [-0.05, 0) is 31.2 Å². The molecule has 1 saturated heterocycles. The lowest BCUT2D eigenvalue weighted by atomic mass is 9.90. The van der Waals surface area contributed by atoms with Crippen molar-refractivity contribution in [2.24, 2.45) is 10.9 Å². The van der Waals surface area contributed by atoms with Crippen molar-refractivity contribution in [3.8, 4) is 11.5 Å². The van der Waals surface area contributed by atoms with Gasteiger partial charge in [-0.15, -0.1) is 0 Å². The van der Waals surface area contributed by atoms with Crippen LogP contribution in [0.5, 0.6) is 11.5 Å². The Morgan fingerprint density at radius 1 is 1.14 bits per heavy atom. The summed E-state index contributed by atoms with van der Waals surface area (Å²) < 4.78 is 21.2. The van der Waals surface area contributed by atoms with E-state index in [-0.39, 0.29) is 18.3 Å². The highest BCUT2D eigenvalue weighted by atomic mass is 16.5. The van der Waals surface area contributed by atoms with Crippen molar-refractivity contribution < 1.29 is 33.0 Å². The molecule has 11 heteroatoms. The average Bonchev–Trinajstić information content (AvgIpc) is 3.42. The van der Waals surface area contributed by atoms with Crippen LogP contribution in [0, 0.1) is 5.92 Å². The van der Waals surface area contributed by atoms with Gasteiger partial charge in [0.2, 0.25) is 11.9 Å². The maximum atomic E-state index is 13.1. The van der Waals surface area contributed by atoms with Crippen LogP contribution in [0.3, 0.4) is 0 Å². The van der Waals surface area contributed by atoms with Crippen molar-refractivity contribution in [3.63, 3.8) is 0 Å². The van der Waals surface area contributed by atoms with Gasteiger partial charge in [-0.25, -0.2) is 4.99 Å². The lowest BCUT2D eigenvalue weighted by Gasteiger charge is -2.38. The van der Waals surface area contributed by atoms with Crippen LogP contribution < -0.4 is 14.8 Å². The predicted octanol–water partition coefficient (Wildman–Crippen LogP) is 1.46.